The highest BCUT2D eigenvalue weighted by atomic mass is 19.1. The summed E-state index contributed by atoms with van der Waals surface area (Å²) in [5, 5.41) is 3.00. The van der Waals surface area contributed by atoms with E-state index in [1.54, 1.807) is 15.9 Å². The van der Waals surface area contributed by atoms with Gasteiger partial charge in [0.1, 0.15) is 12.4 Å². The highest BCUT2D eigenvalue weighted by Crippen LogP contribution is 2.33. The van der Waals surface area contributed by atoms with Crippen molar-refractivity contribution in [2.24, 2.45) is 0 Å². The van der Waals surface area contributed by atoms with Crippen LogP contribution in [0, 0.1) is 19.7 Å². The highest BCUT2D eigenvalue weighted by Gasteiger charge is 2.33. The number of benzene rings is 2. The number of hydrogen-bond donors (Lipinski definition) is 1. The fourth-order valence-corrected chi connectivity index (χ4v) is 4.65. The van der Waals surface area contributed by atoms with Gasteiger partial charge in [-0.2, -0.15) is 0 Å². The molecule has 0 saturated carbocycles. The van der Waals surface area contributed by atoms with Crippen LogP contribution in [0.5, 0.6) is 0 Å². The maximum absolute atomic E-state index is 14.1. The minimum absolute atomic E-state index is 0.0445. The first-order valence-corrected chi connectivity index (χ1v) is 11.7. The van der Waals surface area contributed by atoms with E-state index in [2.05, 4.69) is 9.88 Å². The topological polar surface area (TPSA) is 57.6 Å². The van der Waals surface area contributed by atoms with Crippen molar-refractivity contribution < 1.29 is 14.0 Å². The molecule has 1 atom stereocenters. The third-order valence-corrected chi connectivity index (χ3v) is 6.34. The number of para-hydroxylation sites is 1. The minimum atomic E-state index is -0.405. The fourth-order valence-electron chi connectivity index (χ4n) is 4.65. The zero-order valence-corrected chi connectivity index (χ0v) is 19.9. The van der Waals surface area contributed by atoms with E-state index in [9.17, 15) is 14.0 Å². The van der Waals surface area contributed by atoms with Gasteiger partial charge in [-0.05, 0) is 61.2 Å². The molecule has 0 bridgehead atoms. The fraction of sp³-hybridized carbons (Fsp3) is 0.333. The van der Waals surface area contributed by atoms with E-state index in [0.29, 0.717) is 19.6 Å². The largest absolute Gasteiger partial charge is 0.348 e. The lowest BCUT2D eigenvalue weighted by atomic mass is 9.99. The molecule has 2 heterocycles. The van der Waals surface area contributed by atoms with Crippen LogP contribution in [0.15, 0.2) is 60.8 Å². The molecule has 3 amide bonds. The van der Waals surface area contributed by atoms with Crippen molar-refractivity contribution in [2.75, 3.05) is 25.0 Å². The molecule has 2 aromatic carbocycles. The van der Waals surface area contributed by atoms with Crippen LogP contribution in [0.4, 0.5) is 14.9 Å². The second-order valence-electron chi connectivity index (χ2n) is 8.79. The molecule has 0 spiro atoms. The number of hydrogen-bond acceptors (Lipinski definition) is 2. The summed E-state index contributed by atoms with van der Waals surface area (Å²) in [6.45, 7) is 7.43. The summed E-state index contributed by atoms with van der Waals surface area (Å²) < 4.78 is 16.2. The third kappa shape index (κ3) is 4.83. The number of carbonyl (C=O) groups excluding carboxylic acids is 2. The van der Waals surface area contributed by atoms with Gasteiger partial charge in [0.25, 0.3) is 0 Å². The summed E-state index contributed by atoms with van der Waals surface area (Å²) in [7, 11) is 0. The monoisotopic (exact) mass is 462 g/mol. The first-order valence-electron chi connectivity index (χ1n) is 11.7. The van der Waals surface area contributed by atoms with Crippen LogP contribution in [0.1, 0.15) is 41.8 Å². The Morgan fingerprint density at radius 1 is 1.06 bits per heavy atom. The van der Waals surface area contributed by atoms with Crippen LogP contribution >= 0.6 is 0 Å². The van der Waals surface area contributed by atoms with E-state index in [4.69, 9.17) is 0 Å². The quantitative estimate of drug-likeness (QED) is 0.553. The van der Waals surface area contributed by atoms with Crippen molar-refractivity contribution in [1.82, 2.24) is 14.4 Å². The number of nitrogens with zero attached hydrogens (tertiary/aromatic N) is 3. The molecule has 0 saturated heterocycles. The zero-order valence-electron chi connectivity index (χ0n) is 19.9. The number of anilines is 1. The van der Waals surface area contributed by atoms with Crippen molar-refractivity contribution in [3.05, 3.63) is 89.0 Å². The van der Waals surface area contributed by atoms with Gasteiger partial charge >= 0.3 is 6.03 Å². The average molecular weight is 463 g/mol. The van der Waals surface area contributed by atoms with Crippen molar-refractivity contribution in [2.45, 2.75) is 39.8 Å². The van der Waals surface area contributed by atoms with Gasteiger partial charge < -0.3 is 19.7 Å². The molecule has 0 fully saturated rings. The smallest absolute Gasteiger partial charge is 0.322 e. The predicted molar refractivity (Wildman–Crippen MR) is 131 cm³/mol. The number of aromatic nitrogens is 1. The molecule has 7 heteroatoms. The van der Waals surface area contributed by atoms with E-state index in [-0.39, 0.29) is 24.3 Å². The first-order chi connectivity index (χ1) is 16.4. The zero-order chi connectivity index (χ0) is 24.2. The Balaban J connectivity index is 1.57. The van der Waals surface area contributed by atoms with E-state index < -0.39 is 6.04 Å². The van der Waals surface area contributed by atoms with E-state index in [1.807, 2.05) is 63.4 Å². The molecule has 1 aliphatic rings. The molecule has 34 heavy (non-hydrogen) atoms. The van der Waals surface area contributed by atoms with Gasteiger partial charge in [0.15, 0.2) is 0 Å². The molecule has 6 nitrogen and oxygen atoms in total. The minimum Gasteiger partial charge on any atom is -0.348 e. The molecule has 1 aromatic heterocycles. The Labute approximate surface area is 200 Å². The van der Waals surface area contributed by atoms with E-state index in [0.717, 1.165) is 34.5 Å². The molecule has 1 N–H and O–H groups in total. The summed E-state index contributed by atoms with van der Waals surface area (Å²) in [4.78, 5) is 30.1. The van der Waals surface area contributed by atoms with Crippen molar-refractivity contribution in [1.29, 1.82) is 0 Å². The average Bonchev–Trinajstić information content (AvgIpc) is 3.29. The molecule has 3 aromatic rings. The van der Waals surface area contributed by atoms with Crippen molar-refractivity contribution in [3.8, 4) is 0 Å². The normalized spacial score (nSPS) is 15.1. The Morgan fingerprint density at radius 3 is 2.50 bits per heavy atom. The number of fused-ring (bicyclic) bond motifs is 1. The lowest BCUT2D eigenvalue weighted by Gasteiger charge is -2.38. The van der Waals surface area contributed by atoms with Gasteiger partial charge in [0.05, 0.1) is 6.04 Å². The molecule has 4 rings (SSSR count). The molecule has 1 aliphatic heterocycles. The number of amides is 3. The van der Waals surface area contributed by atoms with Crippen LogP contribution in [-0.2, 0) is 11.3 Å². The van der Waals surface area contributed by atoms with Crippen LogP contribution < -0.4 is 5.32 Å². The maximum atomic E-state index is 14.1. The van der Waals surface area contributed by atoms with Gasteiger partial charge in [0, 0.05) is 37.2 Å². The summed E-state index contributed by atoms with van der Waals surface area (Å²) in [6, 6.07) is 15.4. The number of nitrogens with one attached hydrogen (secondary N) is 1. The Morgan fingerprint density at radius 2 is 1.79 bits per heavy atom. The second kappa shape index (κ2) is 10.1. The number of halogens is 1. The highest BCUT2D eigenvalue weighted by molar-refractivity contribution is 5.93. The molecule has 0 aliphatic carbocycles. The summed E-state index contributed by atoms with van der Waals surface area (Å²) in [6.07, 6.45) is 2.70. The van der Waals surface area contributed by atoms with Gasteiger partial charge in [-0.25, -0.2) is 9.18 Å². The van der Waals surface area contributed by atoms with E-state index >= 15 is 0 Å². The standard InChI is InChI=1S/C27H31FN4O2/c1-4-13-31(27(34)29-25-19(2)8-5-9-20(25)3)18-24(33)32-16-15-30-14-7-12-23(30)26(32)21-10-6-11-22(28)17-21/h5-12,14,17,26H,4,13,15-16,18H2,1-3H3,(H,29,34)/t26-/m0/s1. The summed E-state index contributed by atoms with van der Waals surface area (Å²) in [5.74, 6) is -0.499. The van der Waals surface area contributed by atoms with Gasteiger partial charge in [-0.3, -0.25) is 4.79 Å². The van der Waals surface area contributed by atoms with E-state index in [1.165, 1.54) is 12.1 Å². The van der Waals surface area contributed by atoms with Gasteiger partial charge in [-0.1, -0.05) is 37.3 Å². The van der Waals surface area contributed by atoms with Gasteiger partial charge in [0.2, 0.25) is 5.91 Å². The van der Waals surface area contributed by atoms with Crippen molar-refractivity contribution >= 4 is 17.6 Å². The van der Waals surface area contributed by atoms with Crippen LogP contribution in [-0.4, -0.2) is 45.9 Å². The SMILES string of the molecule is CCCN(CC(=O)N1CCn2cccc2[C@@H]1c1cccc(F)c1)C(=O)Nc1c(C)cccc1C. The third-order valence-electron chi connectivity index (χ3n) is 6.34. The van der Waals surface area contributed by atoms with Crippen LogP contribution in [0.2, 0.25) is 0 Å². The number of urea groups is 1. The maximum Gasteiger partial charge on any atom is 0.322 e. The van der Waals surface area contributed by atoms with Crippen LogP contribution in [0.25, 0.3) is 0 Å². The van der Waals surface area contributed by atoms with Crippen LogP contribution in [0.3, 0.4) is 0 Å². The second-order valence-corrected chi connectivity index (χ2v) is 8.79. The molecular formula is C27H31FN4O2. The first kappa shape index (κ1) is 23.5. The molecule has 178 valence electrons. The summed E-state index contributed by atoms with van der Waals surface area (Å²) in [5.41, 5.74) is 4.37. The summed E-state index contributed by atoms with van der Waals surface area (Å²) >= 11 is 0. The van der Waals surface area contributed by atoms with Gasteiger partial charge in [-0.15, -0.1) is 0 Å². The lowest BCUT2D eigenvalue weighted by Crippen LogP contribution is -2.49. The lowest BCUT2D eigenvalue weighted by molar-refractivity contribution is -0.134. The number of aryl methyl sites for hydroxylation is 2. The Hall–Kier alpha value is -3.61. The predicted octanol–water partition coefficient (Wildman–Crippen LogP) is 5.12. The number of carbonyl (C=O) groups is 2. The molecule has 0 radical (unpaired) electrons. The molecule has 0 unspecified atom stereocenters. The Bertz CT molecular complexity index is 1170. The molecular weight excluding hydrogens is 431 g/mol. The number of rotatable bonds is 6. The van der Waals surface area contributed by atoms with Crippen molar-refractivity contribution in [3.63, 3.8) is 0 Å². The Kier molecular flexibility index (Phi) is 7.01.